The van der Waals surface area contributed by atoms with Crippen LogP contribution in [-0.2, 0) is 0 Å². The molecule has 1 aromatic rings. The molecule has 0 saturated heterocycles. The summed E-state index contributed by atoms with van der Waals surface area (Å²) in [6.07, 6.45) is 0. The Balaban J connectivity index is 0. The van der Waals surface area contributed by atoms with E-state index in [1.54, 1.807) is 24.3 Å². The van der Waals surface area contributed by atoms with E-state index in [9.17, 15) is 0 Å². The van der Waals surface area contributed by atoms with Crippen LogP contribution >= 0.6 is 0 Å². The van der Waals surface area contributed by atoms with E-state index < -0.39 is 0 Å². The van der Waals surface area contributed by atoms with Crippen LogP contribution in [0.3, 0.4) is 0 Å². The fraction of sp³-hybridized carbons (Fsp3) is 0. The fourth-order valence-corrected chi connectivity index (χ4v) is 0.304. The first-order valence-corrected chi connectivity index (χ1v) is 1.82. The third kappa shape index (κ3) is 4.62. The summed E-state index contributed by atoms with van der Waals surface area (Å²) < 4.78 is 6.98. The Kier molecular flexibility index (Phi) is 7.90. The molecule has 0 aromatic heterocycles. The average molecular weight is 182 g/mol. The molecular formula is C6H5BrMg. The maximum atomic E-state index is 6.98. The van der Waals surface area contributed by atoms with Crippen molar-refractivity contribution in [3.05, 3.63) is 36.4 Å². The van der Waals surface area contributed by atoms with Gasteiger partial charge in [-0.15, -0.1) is 0 Å². The molecular weight excluding hydrogens is 176 g/mol. The number of hydrogen-bond donors (Lipinski definition) is 0. The van der Waals surface area contributed by atoms with E-state index in [0.717, 1.165) is 0 Å². The molecule has 1 aromatic carbocycles. The smallest absolute Gasteiger partial charge is 1.00 e. The van der Waals surface area contributed by atoms with E-state index in [1.807, 2.05) is 0 Å². The van der Waals surface area contributed by atoms with Crippen molar-refractivity contribution in [3.8, 4) is 0 Å². The molecule has 0 amide bonds. The fourth-order valence-electron chi connectivity index (χ4n) is 0.304. The summed E-state index contributed by atoms with van der Waals surface area (Å²) in [5.41, 5.74) is 0. The molecule has 0 aliphatic carbocycles. The summed E-state index contributed by atoms with van der Waals surface area (Å²) in [4.78, 5) is 0. The Morgan fingerprint density at radius 3 is 2.00 bits per heavy atom. The number of rotatable bonds is 0. The quantitative estimate of drug-likeness (QED) is 0.325. The molecule has 0 bridgehead atoms. The summed E-state index contributed by atoms with van der Waals surface area (Å²) in [7, 11) is 0. The van der Waals surface area contributed by atoms with Gasteiger partial charge in [-0.05, 0) is 0 Å². The van der Waals surface area contributed by atoms with Gasteiger partial charge in [-0.3, -0.25) is 0 Å². The van der Waals surface area contributed by atoms with Crippen LogP contribution in [0.5, 0.6) is 0 Å². The maximum Gasteiger partial charge on any atom is 2.00 e. The molecule has 0 saturated carbocycles. The minimum Gasteiger partial charge on any atom is -1.00 e. The van der Waals surface area contributed by atoms with Gasteiger partial charge in [0, 0.05) is 1.37 Å². The molecule has 0 heterocycles. The minimum absolute atomic E-state index is 0. The first kappa shape index (κ1) is 8.47. The Hall–Kier alpha value is 0.466. The largest absolute Gasteiger partial charge is 2.00 e. The standard InChI is InChI=1S/C6H5.BrH.Mg/c1-2-4-6-5-3-1;;/h1-5H;1H;/q-1;;+2/p-1/i1D;;. The number of hydrogen-bond acceptors (Lipinski definition) is 0. The van der Waals surface area contributed by atoms with E-state index >= 15 is 0 Å². The van der Waals surface area contributed by atoms with Gasteiger partial charge >= 0.3 is 23.1 Å². The molecule has 0 aliphatic rings. The molecule has 0 unspecified atom stereocenters. The second-order valence-corrected chi connectivity index (χ2v) is 1.00. The van der Waals surface area contributed by atoms with Crippen molar-refractivity contribution in [2.24, 2.45) is 0 Å². The van der Waals surface area contributed by atoms with Gasteiger partial charge < -0.3 is 17.0 Å². The van der Waals surface area contributed by atoms with Crippen LogP contribution in [0.2, 0.25) is 0 Å². The van der Waals surface area contributed by atoms with Gasteiger partial charge in [-0.2, -0.15) is 36.4 Å². The first-order valence-electron chi connectivity index (χ1n) is 2.32. The molecule has 0 aliphatic heterocycles. The molecule has 38 valence electrons. The van der Waals surface area contributed by atoms with Gasteiger partial charge in [0.25, 0.3) is 0 Å². The molecule has 0 fully saturated rings. The van der Waals surface area contributed by atoms with Crippen molar-refractivity contribution in [2.75, 3.05) is 0 Å². The van der Waals surface area contributed by atoms with Crippen molar-refractivity contribution in [3.63, 3.8) is 0 Å². The van der Waals surface area contributed by atoms with Crippen molar-refractivity contribution in [2.45, 2.75) is 0 Å². The van der Waals surface area contributed by atoms with Crippen LogP contribution in [0.4, 0.5) is 0 Å². The molecule has 0 radical (unpaired) electrons. The van der Waals surface area contributed by atoms with Crippen molar-refractivity contribution < 1.29 is 18.4 Å². The van der Waals surface area contributed by atoms with E-state index in [1.165, 1.54) is 0 Å². The minimum atomic E-state index is 0. The van der Waals surface area contributed by atoms with Crippen molar-refractivity contribution in [1.82, 2.24) is 0 Å². The molecule has 0 nitrogen and oxygen atoms in total. The summed E-state index contributed by atoms with van der Waals surface area (Å²) in [6, 6.07) is 10.2. The predicted octanol–water partition coefficient (Wildman–Crippen LogP) is -1.89. The van der Waals surface area contributed by atoms with Gasteiger partial charge in [0.1, 0.15) is 0 Å². The topological polar surface area (TPSA) is 0 Å². The zero-order valence-electron chi connectivity index (χ0n) is 5.39. The van der Waals surface area contributed by atoms with Crippen LogP contribution in [0, 0.1) is 6.07 Å². The van der Waals surface area contributed by atoms with Gasteiger partial charge in [-0.1, -0.05) is 0 Å². The molecule has 0 atom stereocenters. The van der Waals surface area contributed by atoms with Crippen LogP contribution in [0.15, 0.2) is 30.3 Å². The zero-order chi connectivity index (χ0) is 5.11. The summed E-state index contributed by atoms with van der Waals surface area (Å²) in [5.74, 6) is 0. The second-order valence-electron chi connectivity index (χ2n) is 1.00. The molecule has 2 heteroatoms. The van der Waals surface area contributed by atoms with Gasteiger partial charge in [0.05, 0.1) is 0 Å². The van der Waals surface area contributed by atoms with E-state index in [2.05, 4.69) is 6.07 Å². The van der Waals surface area contributed by atoms with Gasteiger partial charge in [-0.25, -0.2) is 0 Å². The van der Waals surface area contributed by atoms with E-state index in [-0.39, 0.29) is 40.0 Å². The second kappa shape index (κ2) is 7.47. The van der Waals surface area contributed by atoms with Crippen molar-refractivity contribution in [1.29, 1.82) is 0 Å². The average Bonchev–Trinajstić information content (AvgIpc) is 1.69. The number of halogens is 1. The molecule has 8 heavy (non-hydrogen) atoms. The molecule has 1 rings (SSSR count). The van der Waals surface area contributed by atoms with E-state index in [0.29, 0.717) is 6.04 Å². The number of benzene rings is 1. The Morgan fingerprint density at radius 2 is 1.75 bits per heavy atom. The molecule has 0 spiro atoms. The first-order chi connectivity index (χ1) is 3.39. The summed E-state index contributed by atoms with van der Waals surface area (Å²) in [5, 5.41) is 0. The monoisotopic (exact) mass is 181 g/mol. The summed E-state index contributed by atoms with van der Waals surface area (Å²) >= 11 is 0. The van der Waals surface area contributed by atoms with Gasteiger partial charge in [0.15, 0.2) is 0 Å². The SMILES string of the molecule is [2H]c1cc[c-]cc1.[Br-].[Mg+2]. The third-order valence-corrected chi connectivity index (χ3v) is 0.552. The third-order valence-electron chi connectivity index (χ3n) is 0.552. The Morgan fingerprint density at radius 1 is 1.25 bits per heavy atom. The van der Waals surface area contributed by atoms with Gasteiger partial charge in [0.2, 0.25) is 0 Å². The van der Waals surface area contributed by atoms with Crippen molar-refractivity contribution >= 4 is 23.1 Å². The Labute approximate surface area is 77.6 Å². The van der Waals surface area contributed by atoms with Crippen LogP contribution < -0.4 is 17.0 Å². The van der Waals surface area contributed by atoms with E-state index in [4.69, 9.17) is 1.37 Å². The maximum absolute atomic E-state index is 6.98. The molecule has 0 N–H and O–H groups in total. The zero-order valence-corrected chi connectivity index (χ0v) is 7.39. The summed E-state index contributed by atoms with van der Waals surface area (Å²) in [6.45, 7) is 0. The predicted molar refractivity (Wildman–Crippen MR) is 31.0 cm³/mol. The van der Waals surface area contributed by atoms with Crippen LogP contribution in [0.1, 0.15) is 1.37 Å². The normalized spacial score (nSPS) is 7.75. The van der Waals surface area contributed by atoms with Crippen LogP contribution in [0.25, 0.3) is 0 Å². The van der Waals surface area contributed by atoms with Crippen LogP contribution in [-0.4, -0.2) is 23.1 Å². The Bertz CT molecular complexity index is 143.